The van der Waals surface area contributed by atoms with Crippen molar-refractivity contribution >= 4 is 40.5 Å². The molecule has 0 aliphatic carbocycles. The van der Waals surface area contributed by atoms with Crippen LogP contribution < -0.4 is 33.5 Å². The Hall–Kier alpha value is -5.48. The number of Topliss-reactive ketones (excluding diaryl/α,β-unsaturated/α-hetero) is 1. The molecule has 0 fully saturated rings. The Labute approximate surface area is 358 Å². The number of para-hydroxylation sites is 1. The molecule has 1 aromatic heterocycles. The molecule has 0 saturated carbocycles. The topological polar surface area (TPSA) is 75.4 Å². The first kappa shape index (κ1) is 40.0. The Bertz CT molecular complexity index is 2470. The third-order valence-corrected chi connectivity index (χ3v) is 13.9. The van der Waals surface area contributed by atoms with Crippen LogP contribution in [0.4, 0.5) is 17.1 Å². The zero-order valence-electron chi connectivity index (χ0n) is 35.6. The number of ketones is 1. The number of benzene rings is 4. The standard InChI is InChI=1S/C50H55N4O5S/c1-31(2)30-60-16-14-33-18-34(28-58-45-24-44-41(17-32(45)3)50(56)54-39(27-52(44)5)21-36-11-7-8-13-42(36)54)20-35(19-33)29-59-47-25-43-40(23-46(47)57-6)49(55)48-37(26-51(43)4)22-38-12-9-10-15-53(38)48/h7-13,15,17-20,23-25,31,37,39,48H,14,16,21-22,26-30H2,1-6H3/q+1/t37-,39-,48?/m0/s1. The number of ether oxygens (including phenoxy) is 3. The molecule has 4 aliphatic heterocycles. The second kappa shape index (κ2) is 16.5. The van der Waals surface area contributed by atoms with Crippen molar-refractivity contribution < 1.29 is 28.4 Å². The molecule has 0 radical (unpaired) electrons. The third kappa shape index (κ3) is 7.59. The highest BCUT2D eigenvalue weighted by molar-refractivity contribution is 7.99. The predicted octanol–water partition coefficient (Wildman–Crippen LogP) is 8.45. The van der Waals surface area contributed by atoms with Gasteiger partial charge in [-0.2, -0.15) is 16.3 Å². The number of thioether (sulfide) groups is 1. The molecule has 9 nitrogen and oxygen atoms in total. The number of carbonyl (C=O) groups excluding carboxylic acids is 2. The number of methoxy groups -OCH3 is 1. The van der Waals surface area contributed by atoms with Crippen LogP contribution in [-0.2, 0) is 32.5 Å². The minimum Gasteiger partial charge on any atom is -0.493 e. The first-order valence-corrected chi connectivity index (χ1v) is 22.4. The highest BCUT2D eigenvalue weighted by atomic mass is 32.2. The SMILES string of the molecule is COc1cc2c(cc1OCc1cc(CCSCC(C)C)cc(COc3cc4c(cc3C)C(=O)N3c5ccccc5C[C@H]3CN4C)c1)N(C)C[C@@H]1Cc3cccc[n+]3C1C2=O. The zero-order valence-corrected chi connectivity index (χ0v) is 36.4. The summed E-state index contributed by atoms with van der Waals surface area (Å²) in [4.78, 5) is 34.7. The van der Waals surface area contributed by atoms with Crippen LogP contribution >= 0.6 is 11.8 Å². The summed E-state index contributed by atoms with van der Waals surface area (Å²) >= 11 is 1.98. The average Bonchev–Trinajstić information content (AvgIpc) is 3.74. The number of likely N-dealkylation sites (N-methyl/N-ethyl adjacent to an activating group) is 1. The van der Waals surface area contributed by atoms with Gasteiger partial charge in [0.15, 0.2) is 23.4 Å². The highest BCUT2D eigenvalue weighted by Gasteiger charge is 2.48. The fourth-order valence-corrected chi connectivity index (χ4v) is 10.7. The van der Waals surface area contributed by atoms with Crippen LogP contribution in [-0.4, -0.2) is 63.5 Å². The molecule has 0 saturated heterocycles. The summed E-state index contributed by atoms with van der Waals surface area (Å²) in [5.41, 5.74) is 10.8. The first-order valence-electron chi connectivity index (χ1n) is 21.2. The van der Waals surface area contributed by atoms with E-state index in [1.54, 1.807) is 7.11 Å². The van der Waals surface area contributed by atoms with Crippen LogP contribution in [0.1, 0.15) is 74.1 Å². The summed E-state index contributed by atoms with van der Waals surface area (Å²) in [5, 5.41) is 0. The average molecular weight is 824 g/mol. The fraction of sp³-hybridized carbons (Fsp3) is 0.380. The van der Waals surface area contributed by atoms with Crippen LogP contribution in [0.2, 0.25) is 0 Å². The molecule has 3 atom stereocenters. The predicted molar refractivity (Wildman–Crippen MR) is 240 cm³/mol. The minimum atomic E-state index is -0.239. The molecular formula is C50H55N4O5S+. The van der Waals surface area contributed by atoms with E-state index in [2.05, 4.69) is 84.8 Å². The summed E-state index contributed by atoms with van der Waals surface area (Å²) in [6, 6.07) is 28.8. The number of pyridine rings is 1. The van der Waals surface area contributed by atoms with E-state index in [0.29, 0.717) is 41.8 Å². The van der Waals surface area contributed by atoms with Crippen LogP contribution in [0, 0.1) is 18.8 Å². The molecule has 1 amide bonds. The summed E-state index contributed by atoms with van der Waals surface area (Å²) < 4.78 is 21.3. The molecule has 4 aliphatic rings. The molecule has 9 rings (SSSR count). The van der Waals surface area contributed by atoms with Gasteiger partial charge >= 0.3 is 0 Å². The minimum absolute atomic E-state index is 0.0447. The molecule has 0 N–H and O–H groups in total. The van der Waals surface area contributed by atoms with Crippen molar-refractivity contribution in [3.8, 4) is 17.2 Å². The van der Waals surface area contributed by atoms with E-state index in [1.165, 1.54) is 16.8 Å². The third-order valence-electron chi connectivity index (χ3n) is 12.5. The lowest BCUT2D eigenvalue weighted by Gasteiger charge is -2.25. The highest BCUT2D eigenvalue weighted by Crippen LogP contribution is 2.43. The van der Waals surface area contributed by atoms with Crippen molar-refractivity contribution in [3.05, 3.63) is 136 Å². The lowest BCUT2D eigenvalue weighted by atomic mass is 9.93. The maximum atomic E-state index is 14.2. The Morgan fingerprint density at radius 3 is 2.25 bits per heavy atom. The molecule has 0 spiro atoms. The van der Waals surface area contributed by atoms with Crippen molar-refractivity contribution in [1.29, 1.82) is 0 Å². The molecule has 310 valence electrons. The number of hydrogen-bond donors (Lipinski definition) is 0. The largest absolute Gasteiger partial charge is 0.493 e. The monoisotopic (exact) mass is 823 g/mol. The summed E-state index contributed by atoms with van der Waals surface area (Å²) in [5.74, 6) is 5.05. The number of aryl methyl sites for hydroxylation is 2. The van der Waals surface area contributed by atoms with E-state index in [9.17, 15) is 9.59 Å². The van der Waals surface area contributed by atoms with Gasteiger partial charge in [0.1, 0.15) is 19.0 Å². The van der Waals surface area contributed by atoms with Gasteiger partial charge in [-0.25, -0.2) is 0 Å². The Balaban J connectivity index is 0.958. The smallest absolute Gasteiger partial charge is 0.260 e. The van der Waals surface area contributed by atoms with Crippen molar-refractivity contribution in [2.24, 2.45) is 11.8 Å². The maximum Gasteiger partial charge on any atom is 0.260 e. The van der Waals surface area contributed by atoms with Gasteiger partial charge in [-0.1, -0.05) is 50.2 Å². The molecular weight excluding hydrogens is 769 g/mol. The quantitative estimate of drug-likeness (QED) is 0.0918. The number of fused-ring (bicyclic) bond motifs is 8. The number of nitrogens with zero attached hydrogens (tertiary/aromatic N) is 4. The van der Waals surface area contributed by atoms with E-state index < -0.39 is 0 Å². The summed E-state index contributed by atoms with van der Waals surface area (Å²) in [6.45, 7) is 8.75. The number of carbonyl (C=O) groups is 2. The summed E-state index contributed by atoms with van der Waals surface area (Å²) in [7, 11) is 5.77. The molecule has 4 aromatic carbocycles. The van der Waals surface area contributed by atoms with E-state index in [1.807, 2.05) is 72.2 Å². The Kier molecular flexibility index (Phi) is 11.0. The number of anilines is 3. The lowest BCUT2D eigenvalue weighted by molar-refractivity contribution is -0.705. The van der Waals surface area contributed by atoms with E-state index in [4.69, 9.17) is 14.2 Å². The van der Waals surface area contributed by atoms with E-state index in [-0.39, 0.29) is 29.7 Å². The van der Waals surface area contributed by atoms with Crippen LogP contribution in [0.15, 0.2) is 91.1 Å². The zero-order chi connectivity index (χ0) is 41.7. The van der Waals surface area contributed by atoms with Crippen molar-refractivity contribution in [2.75, 3.05) is 60.5 Å². The normalized spacial score (nSPS) is 18.9. The molecule has 1 unspecified atom stereocenters. The number of rotatable bonds is 12. The molecule has 10 heteroatoms. The second-order valence-corrected chi connectivity index (χ2v) is 18.6. The fourth-order valence-electron chi connectivity index (χ4n) is 9.72. The van der Waals surface area contributed by atoms with Crippen LogP contribution in [0.5, 0.6) is 17.2 Å². The number of amides is 1. The van der Waals surface area contributed by atoms with Gasteiger partial charge in [-0.05, 0) is 89.3 Å². The summed E-state index contributed by atoms with van der Waals surface area (Å²) in [6.07, 6.45) is 4.69. The van der Waals surface area contributed by atoms with Gasteiger partial charge < -0.3 is 28.9 Å². The van der Waals surface area contributed by atoms with Gasteiger partial charge in [0.2, 0.25) is 11.8 Å². The number of aromatic nitrogens is 1. The van der Waals surface area contributed by atoms with Crippen molar-refractivity contribution in [1.82, 2.24) is 0 Å². The van der Waals surface area contributed by atoms with Gasteiger partial charge in [0.05, 0.1) is 41.6 Å². The van der Waals surface area contributed by atoms with Gasteiger partial charge in [-0.15, -0.1) is 0 Å². The van der Waals surface area contributed by atoms with Crippen LogP contribution in [0.3, 0.4) is 0 Å². The van der Waals surface area contributed by atoms with Crippen molar-refractivity contribution in [2.45, 2.75) is 65.3 Å². The van der Waals surface area contributed by atoms with Gasteiger partial charge in [-0.3, -0.25) is 9.59 Å². The molecule has 60 heavy (non-hydrogen) atoms. The molecule has 0 bridgehead atoms. The molecule has 5 heterocycles. The Morgan fingerprint density at radius 2 is 1.47 bits per heavy atom. The number of hydrogen-bond acceptors (Lipinski definition) is 8. The van der Waals surface area contributed by atoms with Crippen molar-refractivity contribution in [3.63, 3.8) is 0 Å². The van der Waals surface area contributed by atoms with Gasteiger partial charge in [0, 0.05) is 63.6 Å². The maximum absolute atomic E-state index is 14.2. The van der Waals surface area contributed by atoms with Gasteiger partial charge in [0.25, 0.3) is 5.91 Å². The van der Waals surface area contributed by atoms with Crippen LogP contribution in [0.25, 0.3) is 0 Å². The van der Waals surface area contributed by atoms with E-state index in [0.717, 1.165) is 83.4 Å². The molecule has 5 aromatic rings. The second-order valence-electron chi connectivity index (χ2n) is 17.4. The first-order chi connectivity index (χ1) is 29.1. The Morgan fingerprint density at radius 1 is 0.767 bits per heavy atom. The van der Waals surface area contributed by atoms with E-state index >= 15 is 0 Å². The lowest BCUT2D eigenvalue weighted by Crippen LogP contribution is -2.44.